The lowest BCUT2D eigenvalue weighted by molar-refractivity contribution is 0.108. The Bertz CT molecular complexity index is 175. The summed E-state index contributed by atoms with van der Waals surface area (Å²) in [5, 5.41) is 2.44. The Hall–Kier alpha value is -1.25. The Morgan fingerprint density at radius 3 is 2.92 bits per heavy atom. The smallest absolute Gasteiger partial charge is 0.411 e. The van der Waals surface area contributed by atoms with E-state index in [9.17, 15) is 4.79 Å². The first-order valence-corrected chi connectivity index (χ1v) is 3.95. The molecule has 0 heterocycles. The Kier molecular flexibility index (Phi) is 5.79. The van der Waals surface area contributed by atoms with Crippen molar-refractivity contribution in [3.8, 4) is 0 Å². The number of amides is 1. The lowest BCUT2D eigenvalue weighted by atomic mass is 10.3. The van der Waals surface area contributed by atoms with Gasteiger partial charge in [0, 0.05) is 6.20 Å². The van der Waals surface area contributed by atoms with E-state index in [2.05, 4.69) is 11.9 Å². The van der Waals surface area contributed by atoms with Gasteiger partial charge in [-0.05, 0) is 19.4 Å². The third-order valence-corrected chi connectivity index (χ3v) is 1.32. The monoisotopic (exact) mass is 169 g/mol. The number of allylic oxidation sites excluding steroid dienone is 2. The predicted octanol–water partition coefficient (Wildman–Crippen LogP) is 2.21. The molecule has 0 saturated heterocycles. The molecule has 3 heteroatoms. The number of hydrogen-bond donors (Lipinski definition) is 1. The zero-order valence-corrected chi connectivity index (χ0v) is 7.54. The third-order valence-electron chi connectivity index (χ3n) is 1.32. The minimum atomic E-state index is -0.428. The van der Waals surface area contributed by atoms with Gasteiger partial charge in [-0.25, -0.2) is 4.79 Å². The molecule has 1 atom stereocenters. The van der Waals surface area contributed by atoms with Gasteiger partial charge in [0.25, 0.3) is 0 Å². The van der Waals surface area contributed by atoms with Crippen LogP contribution in [0.25, 0.3) is 0 Å². The molecule has 68 valence electrons. The molecule has 0 radical (unpaired) electrons. The fraction of sp³-hybridized carbons (Fsp3) is 0.444. The van der Waals surface area contributed by atoms with E-state index in [0.29, 0.717) is 0 Å². The van der Waals surface area contributed by atoms with Gasteiger partial charge in [-0.15, -0.1) is 0 Å². The molecule has 1 amide bonds. The minimum Gasteiger partial charge on any atom is -0.446 e. The molecule has 1 unspecified atom stereocenters. The summed E-state index contributed by atoms with van der Waals surface area (Å²) in [6, 6.07) is 0. The van der Waals surface area contributed by atoms with Crippen LogP contribution in [0.5, 0.6) is 0 Å². The van der Waals surface area contributed by atoms with Crippen LogP contribution in [0.2, 0.25) is 0 Å². The van der Waals surface area contributed by atoms with E-state index >= 15 is 0 Å². The minimum absolute atomic E-state index is 0.0397. The van der Waals surface area contributed by atoms with E-state index in [-0.39, 0.29) is 6.10 Å². The number of hydrogen-bond acceptors (Lipinski definition) is 2. The van der Waals surface area contributed by atoms with Crippen molar-refractivity contribution in [3.63, 3.8) is 0 Å². The van der Waals surface area contributed by atoms with E-state index in [4.69, 9.17) is 4.74 Å². The number of nitrogens with one attached hydrogen (secondary N) is 1. The van der Waals surface area contributed by atoms with E-state index in [1.54, 1.807) is 12.2 Å². The lowest BCUT2D eigenvalue weighted by Gasteiger charge is -2.09. The Morgan fingerprint density at radius 1 is 1.75 bits per heavy atom. The van der Waals surface area contributed by atoms with Crippen molar-refractivity contribution in [2.75, 3.05) is 0 Å². The first-order chi connectivity index (χ1) is 5.70. The van der Waals surface area contributed by atoms with Crippen LogP contribution in [-0.2, 0) is 4.74 Å². The van der Waals surface area contributed by atoms with Crippen LogP contribution in [0.3, 0.4) is 0 Å². The molecule has 0 fully saturated rings. The van der Waals surface area contributed by atoms with Crippen molar-refractivity contribution in [2.45, 2.75) is 26.4 Å². The van der Waals surface area contributed by atoms with E-state index in [1.165, 1.54) is 6.20 Å². The Labute approximate surface area is 73.1 Å². The van der Waals surface area contributed by atoms with Crippen LogP contribution in [0.15, 0.2) is 24.9 Å². The fourth-order valence-electron chi connectivity index (χ4n) is 0.484. The second-order valence-corrected chi connectivity index (χ2v) is 2.36. The maximum Gasteiger partial charge on any atom is 0.411 e. The largest absolute Gasteiger partial charge is 0.446 e. The molecule has 0 spiro atoms. The van der Waals surface area contributed by atoms with Crippen molar-refractivity contribution in [3.05, 3.63) is 24.9 Å². The first kappa shape index (κ1) is 10.8. The highest BCUT2D eigenvalue weighted by atomic mass is 16.6. The highest BCUT2D eigenvalue weighted by Gasteiger charge is 2.03. The molecule has 0 aromatic heterocycles. The lowest BCUT2D eigenvalue weighted by Crippen LogP contribution is -2.23. The molecular formula is C9H15NO2. The fourth-order valence-corrected chi connectivity index (χ4v) is 0.484. The molecule has 0 aromatic carbocycles. The first-order valence-electron chi connectivity index (χ1n) is 3.95. The standard InChI is InChI=1S/C9H15NO2/c1-4-6-7-10-9(11)12-8(3)5-2/h4,6-8H,1,5H2,2-3H3,(H,10,11). The average Bonchev–Trinajstić information content (AvgIpc) is 2.05. The summed E-state index contributed by atoms with van der Waals surface area (Å²) in [6.07, 6.45) is 5.03. The van der Waals surface area contributed by atoms with Gasteiger partial charge in [-0.2, -0.15) is 0 Å². The number of alkyl carbamates (subject to hydrolysis) is 1. The van der Waals surface area contributed by atoms with Gasteiger partial charge < -0.3 is 4.74 Å². The molecule has 0 rings (SSSR count). The molecule has 0 bridgehead atoms. The van der Waals surface area contributed by atoms with Gasteiger partial charge in [-0.1, -0.05) is 19.6 Å². The van der Waals surface area contributed by atoms with Gasteiger partial charge in [0.05, 0.1) is 0 Å². The second-order valence-electron chi connectivity index (χ2n) is 2.36. The summed E-state index contributed by atoms with van der Waals surface area (Å²) in [4.78, 5) is 10.9. The number of ether oxygens (including phenoxy) is 1. The average molecular weight is 169 g/mol. The van der Waals surface area contributed by atoms with Gasteiger partial charge >= 0.3 is 6.09 Å². The van der Waals surface area contributed by atoms with Crippen LogP contribution < -0.4 is 5.32 Å². The molecule has 1 N–H and O–H groups in total. The summed E-state index contributed by atoms with van der Waals surface area (Å²) in [5.41, 5.74) is 0. The number of carbonyl (C=O) groups excluding carboxylic acids is 1. The van der Waals surface area contributed by atoms with E-state index in [0.717, 1.165) is 6.42 Å². The summed E-state index contributed by atoms with van der Waals surface area (Å²) in [5.74, 6) is 0. The van der Waals surface area contributed by atoms with E-state index < -0.39 is 6.09 Å². The van der Waals surface area contributed by atoms with Crippen molar-refractivity contribution >= 4 is 6.09 Å². The zero-order chi connectivity index (χ0) is 9.40. The van der Waals surface area contributed by atoms with Crippen LogP contribution in [-0.4, -0.2) is 12.2 Å². The molecule has 3 nitrogen and oxygen atoms in total. The topological polar surface area (TPSA) is 38.3 Å². The maximum absolute atomic E-state index is 10.9. The van der Waals surface area contributed by atoms with Crippen LogP contribution in [0, 0.1) is 0 Å². The van der Waals surface area contributed by atoms with Crippen molar-refractivity contribution in [1.29, 1.82) is 0 Å². The van der Waals surface area contributed by atoms with Crippen LogP contribution >= 0.6 is 0 Å². The normalized spacial score (nSPS) is 12.5. The molecule has 0 aromatic rings. The maximum atomic E-state index is 10.9. The van der Waals surface area contributed by atoms with Gasteiger partial charge in [0.1, 0.15) is 6.10 Å². The Balaban J connectivity index is 3.59. The van der Waals surface area contributed by atoms with Gasteiger partial charge in [0.2, 0.25) is 0 Å². The quantitative estimate of drug-likeness (QED) is 0.655. The SMILES string of the molecule is C=CC=CNC(=O)OC(C)CC. The van der Waals surface area contributed by atoms with Crippen molar-refractivity contribution in [2.24, 2.45) is 0 Å². The molecule has 0 aliphatic carbocycles. The summed E-state index contributed by atoms with van der Waals surface area (Å²) < 4.78 is 4.91. The third kappa shape index (κ3) is 5.53. The second kappa shape index (κ2) is 6.46. The van der Waals surface area contributed by atoms with Gasteiger partial charge in [0.15, 0.2) is 0 Å². The van der Waals surface area contributed by atoms with E-state index in [1.807, 2.05) is 13.8 Å². The molecule has 0 aliphatic heterocycles. The summed E-state index contributed by atoms with van der Waals surface area (Å²) >= 11 is 0. The highest BCUT2D eigenvalue weighted by Crippen LogP contribution is 1.95. The molecule has 0 saturated carbocycles. The highest BCUT2D eigenvalue weighted by molar-refractivity contribution is 5.68. The van der Waals surface area contributed by atoms with Crippen molar-refractivity contribution < 1.29 is 9.53 Å². The molecule has 0 aliphatic rings. The molecular weight excluding hydrogens is 154 g/mol. The molecule has 12 heavy (non-hydrogen) atoms. The number of rotatable bonds is 4. The van der Waals surface area contributed by atoms with Crippen LogP contribution in [0.1, 0.15) is 20.3 Å². The predicted molar refractivity (Wildman–Crippen MR) is 48.7 cm³/mol. The number of carbonyl (C=O) groups is 1. The summed E-state index contributed by atoms with van der Waals surface area (Å²) in [6.45, 7) is 7.26. The van der Waals surface area contributed by atoms with Crippen LogP contribution in [0.4, 0.5) is 4.79 Å². The summed E-state index contributed by atoms with van der Waals surface area (Å²) in [7, 11) is 0. The van der Waals surface area contributed by atoms with Crippen molar-refractivity contribution in [1.82, 2.24) is 5.32 Å². The van der Waals surface area contributed by atoms with Gasteiger partial charge in [-0.3, -0.25) is 5.32 Å². The zero-order valence-electron chi connectivity index (χ0n) is 7.54. The Morgan fingerprint density at radius 2 is 2.42 bits per heavy atom.